The lowest BCUT2D eigenvalue weighted by Crippen LogP contribution is -2.42. The van der Waals surface area contributed by atoms with Crippen LogP contribution in [0.4, 0.5) is 0 Å². The molecule has 0 aliphatic rings. The Labute approximate surface area is 71.0 Å². The largest absolute Gasteiger partial charge is 0.394 e. The fourth-order valence-corrected chi connectivity index (χ4v) is 0.545. The fraction of sp³-hybridized carbons (Fsp3) is 0.833. The Morgan fingerprint density at radius 1 is 1.55 bits per heavy atom. The van der Waals surface area contributed by atoms with Gasteiger partial charge in [0.25, 0.3) is 0 Å². The fourth-order valence-electron chi connectivity index (χ4n) is 0.471. The Kier molecular flexibility index (Phi) is 5.27. The second kappa shape index (κ2) is 5.40. The first-order chi connectivity index (χ1) is 5.11. The van der Waals surface area contributed by atoms with Gasteiger partial charge in [-0.05, 0) is 6.92 Å². The van der Waals surface area contributed by atoms with Crippen molar-refractivity contribution in [2.24, 2.45) is 0 Å². The number of amides is 1. The van der Waals surface area contributed by atoms with Gasteiger partial charge in [0, 0.05) is 0 Å². The summed E-state index contributed by atoms with van der Waals surface area (Å²) in [6.07, 6.45) is 0. The summed E-state index contributed by atoms with van der Waals surface area (Å²) < 4.78 is 0. The van der Waals surface area contributed by atoms with Gasteiger partial charge in [-0.15, -0.1) is 0 Å². The first kappa shape index (κ1) is 10.7. The first-order valence-corrected chi connectivity index (χ1v) is 3.83. The van der Waals surface area contributed by atoms with Gasteiger partial charge in [0.15, 0.2) is 0 Å². The van der Waals surface area contributed by atoms with E-state index in [-0.39, 0.29) is 19.1 Å². The zero-order chi connectivity index (χ0) is 8.85. The Balaban J connectivity index is 3.72. The van der Waals surface area contributed by atoms with Crippen LogP contribution >= 0.6 is 12.6 Å². The third-order valence-corrected chi connectivity index (χ3v) is 1.40. The summed E-state index contributed by atoms with van der Waals surface area (Å²) in [6.45, 7) is 1.09. The van der Waals surface area contributed by atoms with Crippen LogP contribution in [0.25, 0.3) is 0 Å². The summed E-state index contributed by atoms with van der Waals surface area (Å²) in [5, 5.41) is 19.1. The third-order valence-electron chi connectivity index (χ3n) is 1.17. The van der Waals surface area contributed by atoms with Crippen molar-refractivity contribution in [2.45, 2.75) is 18.2 Å². The highest BCUT2D eigenvalue weighted by Gasteiger charge is 2.12. The Morgan fingerprint density at radius 3 is 2.27 bits per heavy atom. The third kappa shape index (κ3) is 4.23. The molecule has 3 N–H and O–H groups in total. The topological polar surface area (TPSA) is 69.6 Å². The second-order valence-corrected chi connectivity index (χ2v) is 3.02. The smallest absolute Gasteiger partial charge is 0.232 e. The van der Waals surface area contributed by atoms with Crippen molar-refractivity contribution >= 4 is 18.5 Å². The number of carbonyl (C=O) groups is 1. The summed E-state index contributed by atoms with van der Waals surface area (Å²) in [7, 11) is 0. The van der Waals surface area contributed by atoms with E-state index in [2.05, 4.69) is 17.9 Å². The Hall–Kier alpha value is -0.260. The molecule has 0 rings (SSSR count). The molecule has 0 aromatic carbocycles. The van der Waals surface area contributed by atoms with Crippen molar-refractivity contribution in [3.8, 4) is 0 Å². The first-order valence-electron chi connectivity index (χ1n) is 3.32. The summed E-state index contributed by atoms with van der Waals surface area (Å²) >= 11 is 3.87. The van der Waals surface area contributed by atoms with E-state index in [1.54, 1.807) is 6.92 Å². The van der Waals surface area contributed by atoms with Gasteiger partial charge in [0.1, 0.15) is 0 Å². The zero-order valence-electron chi connectivity index (χ0n) is 6.32. The molecular formula is C6H13NO3S. The molecule has 1 atom stereocenters. The predicted octanol–water partition coefficient (Wildman–Crippen LogP) is -1.23. The number of carbonyl (C=O) groups excluding carboxylic acids is 1. The van der Waals surface area contributed by atoms with Crippen LogP contribution in [-0.4, -0.2) is 40.6 Å². The normalized spacial score (nSPS) is 13.2. The van der Waals surface area contributed by atoms with Crippen LogP contribution in [0.15, 0.2) is 0 Å². The van der Waals surface area contributed by atoms with Crippen molar-refractivity contribution in [3.05, 3.63) is 0 Å². The monoisotopic (exact) mass is 179 g/mol. The highest BCUT2D eigenvalue weighted by Crippen LogP contribution is 1.92. The molecule has 5 heteroatoms. The molecule has 0 heterocycles. The minimum atomic E-state index is -0.572. The van der Waals surface area contributed by atoms with Gasteiger partial charge in [0.05, 0.1) is 24.5 Å². The lowest BCUT2D eigenvalue weighted by Gasteiger charge is -2.14. The van der Waals surface area contributed by atoms with Gasteiger partial charge in [0.2, 0.25) is 5.91 Å². The molecule has 0 fully saturated rings. The number of nitrogens with one attached hydrogen (secondary N) is 1. The molecule has 0 spiro atoms. The minimum Gasteiger partial charge on any atom is -0.394 e. The summed E-state index contributed by atoms with van der Waals surface area (Å²) in [4.78, 5) is 10.9. The maximum Gasteiger partial charge on any atom is 0.232 e. The Bertz CT molecular complexity index is 125. The molecular weight excluding hydrogens is 166 g/mol. The van der Waals surface area contributed by atoms with Gasteiger partial charge < -0.3 is 15.5 Å². The molecule has 0 saturated heterocycles. The molecule has 0 aromatic heterocycles. The number of rotatable bonds is 4. The van der Waals surface area contributed by atoms with E-state index >= 15 is 0 Å². The van der Waals surface area contributed by atoms with Crippen molar-refractivity contribution in [1.29, 1.82) is 0 Å². The van der Waals surface area contributed by atoms with Crippen molar-refractivity contribution in [1.82, 2.24) is 5.32 Å². The van der Waals surface area contributed by atoms with Gasteiger partial charge in [-0.25, -0.2) is 0 Å². The molecule has 1 unspecified atom stereocenters. The average molecular weight is 179 g/mol. The van der Waals surface area contributed by atoms with Crippen molar-refractivity contribution in [2.75, 3.05) is 13.2 Å². The molecule has 0 saturated carbocycles. The molecule has 11 heavy (non-hydrogen) atoms. The van der Waals surface area contributed by atoms with Crippen LogP contribution in [0, 0.1) is 0 Å². The maximum absolute atomic E-state index is 10.9. The maximum atomic E-state index is 10.9. The lowest BCUT2D eigenvalue weighted by atomic mass is 10.3. The van der Waals surface area contributed by atoms with E-state index < -0.39 is 11.3 Å². The minimum absolute atomic E-state index is 0.261. The number of hydrogen-bond donors (Lipinski definition) is 4. The number of thiol groups is 1. The molecule has 4 nitrogen and oxygen atoms in total. The predicted molar refractivity (Wildman–Crippen MR) is 44.6 cm³/mol. The van der Waals surface area contributed by atoms with Crippen molar-refractivity contribution in [3.63, 3.8) is 0 Å². The molecule has 0 radical (unpaired) electrons. The molecule has 66 valence electrons. The van der Waals surface area contributed by atoms with Gasteiger partial charge in [-0.3, -0.25) is 4.79 Å². The quantitative estimate of drug-likeness (QED) is 0.409. The molecule has 0 aromatic rings. The van der Waals surface area contributed by atoms with E-state index in [4.69, 9.17) is 10.2 Å². The zero-order valence-corrected chi connectivity index (χ0v) is 7.21. The van der Waals surface area contributed by atoms with E-state index in [1.807, 2.05) is 0 Å². The van der Waals surface area contributed by atoms with Gasteiger partial charge in [-0.1, -0.05) is 0 Å². The van der Waals surface area contributed by atoms with Crippen LogP contribution in [-0.2, 0) is 4.79 Å². The highest BCUT2D eigenvalue weighted by atomic mass is 32.1. The second-order valence-electron chi connectivity index (χ2n) is 2.25. The average Bonchev–Trinajstić information content (AvgIpc) is 1.99. The number of aliphatic hydroxyl groups excluding tert-OH is 2. The van der Waals surface area contributed by atoms with Gasteiger partial charge >= 0.3 is 0 Å². The highest BCUT2D eigenvalue weighted by molar-refractivity contribution is 7.81. The molecule has 0 aliphatic carbocycles. The van der Waals surface area contributed by atoms with E-state index in [0.717, 1.165) is 0 Å². The van der Waals surface area contributed by atoms with Crippen LogP contribution in [0.3, 0.4) is 0 Å². The van der Waals surface area contributed by atoms with E-state index in [1.165, 1.54) is 0 Å². The molecule has 0 bridgehead atoms. The van der Waals surface area contributed by atoms with Crippen molar-refractivity contribution < 1.29 is 15.0 Å². The molecule has 0 aliphatic heterocycles. The standard InChI is InChI=1S/C6H13NO3S/c1-4(11)6(10)7-5(2-8)3-9/h4-5,8-9,11H,2-3H2,1H3,(H,7,10). The van der Waals surface area contributed by atoms with Crippen LogP contribution in [0.2, 0.25) is 0 Å². The van der Waals surface area contributed by atoms with Crippen LogP contribution < -0.4 is 5.32 Å². The summed E-state index contributed by atoms with van der Waals surface area (Å²) in [5.74, 6) is -0.290. The lowest BCUT2D eigenvalue weighted by molar-refractivity contribution is -0.121. The summed E-state index contributed by atoms with van der Waals surface area (Å²) in [6, 6.07) is -0.572. The SMILES string of the molecule is CC(S)C(=O)NC(CO)CO. The van der Waals surface area contributed by atoms with E-state index in [0.29, 0.717) is 0 Å². The summed E-state index contributed by atoms with van der Waals surface area (Å²) in [5.41, 5.74) is 0. The number of aliphatic hydroxyl groups is 2. The van der Waals surface area contributed by atoms with E-state index in [9.17, 15) is 4.79 Å². The van der Waals surface area contributed by atoms with Crippen LogP contribution in [0.5, 0.6) is 0 Å². The van der Waals surface area contributed by atoms with Crippen LogP contribution in [0.1, 0.15) is 6.92 Å². The number of hydrogen-bond acceptors (Lipinski definition) is 4. The Morgan fingerprint density at radius 2 is 2.00 bits per heavy atom. The molecule has 1 amide bonds. The van der Waals surface area contributed by atoms with Gasteiger partial charge in [-0.2, -0.15) is 12.6 Å².